The molecular weight excluding hydrogens is 543 g/mol. The van der Waals surface area contributed by atoms with Crippen LogP contribution in [0.4, 0.5) is 4.39 Å². The number of carbonyl (C=O) groups excluding carboxylic acids is 2. The van der Waals surface area contributed by atoms with E-state index in [1.165, 1.54) is 35.5 Å². The van der Waals surface area contributed by atoms with Crippen LogP contribution in [-0.4, -0.2) is 59.8 Å². The lowest BCUT2D eigenvalue weighted by Gasteiger charge is -2.25. The predicted molar refractivity (Wildman–Crippen MR) is 146 cm³/mol. The lowest BCUT2D eigenvalue weighted by Crippen LogP contribution is -2.35. The molecule has 0 spiro atoms. The Hall–Kier alpha value is -3.15. The van der Waals surface area contributed by atoms with Crippen molar-refractivity contribution in [2.75, 3.05) is 19.4 Å². The fourth-order valence-corrected chi connectivity index (χ4v) is 6.83. The van der Waals surface area contributed by atoms with Crippen molar-refractivity contribution in [1.82, 2.24) is 9.88 Å². The molecule has 0 unspecified atom stereocenters. The molecule has 1 atom stereocenters. The van der Waals surface area contributed by atoms with Gasteiger partial charge in [0.1, 0.15) is 28.0 Å². The highest BCUT2D eigenvalue weighted by Crippen LogP contribution is 2.30. The Morgan fingerprint density at radius 3 is 2.56 bits per heavy atom. The molecule has 39 heavy (non-hydrogen) atoms. The third-order valence-corrected chi connectivity index (χ3v) is 9.66. The van der Waals surface area contributed by atoms with E-state index >= 15 is 0 Å². The highest BCUT2D eigenvalue weighted by molar-refractivity contribution is 7.93. The normalized spacial score (nSPS) is 14.2. The molecule has 1 amide bonds. The number of aliphatic hydroxyl groups excluding tert-OH is 1. The highest BCUT2D eigenvalue weighted by Gasteiger charge is 2.37. The SMILES string of the molecule is COc1ccc([C@@H](O)C(=O)N(CCCc2cccc(F)c2)Cc2nc(C(=O)CS(=O)(=O)C3CC3)c(C)s2)cc1. The van der Waals surface area contributed by atoms with E-state index in [-0.39, 0.29) is 24.6 Å². The van der Waals surface area contributed by atoms with Gasteiger partial charge >= 0.3 is 0 Å². The largest absolute Gasteiger partial charge is 0.497 e. The van der Waals surface area contributed by atoms with Gasteiger partial charge in [-0.05, 0) is 68.0 Å². The van der Waals surface area contributed by atoms with Crippen molar-refractivity contribution < 1.29 is 32.2 Å². The first kappa shape index (κ1) is 28.8. The van der Waals surface area contributed by atoms with Crippen molar-refractivity contribution in [3.63, 3.8) is 0 Å². The number of hydrogen-bond acceptors (Lipinski definition) is 8. The summed E-state index contributed by atoms with van der Waals surface area (Å²) in [6, 6.07) is 12.8. The van der Waals surface area contributed by atoms with Gasteiger partial charge in [0.05, 0.1) is 18.9 Å². The number of thiazole rings is 1. The zero-order chi connectivity index (χ0) is 28.2. The van der Waals surface area contributed by atoms with E-state index in [1.807, 2.05) is 0 Å². The van der Waals surface area contributed by atoms with Gasteiger partial charge in [-0.2, -0.15) is 0 Å². The van der Waals surface area contributed by atoms with Gasteiger partial charge in [0, 0.05) is 11.4 Å². The van der Waals surface area contributed by atoms with Gasteiger partial charge in [0.15, 0.2) is 21.7 Å². The van der Waals surface area contributed by atoms with Gasteiger partial charge in [-0.3, -0.25) is 9.59 Å². The number of amides is 1. The maximum Gasteiger partial charge on any atom is 0.256 e. The molecule has 1 fully saturated rings. The van der Waals surface area contributed by atoms with E-state index in [9.17, 15) is 27.5 Å². The summed E-state index contributed by atoms with van der Waals surface area (Å²) in [6.45, 7) is 1.98. The van der Waals surface area contributed by atoms with E-state index in [1.54, 1.807) is 43.3 Å². The second-order valence-corrected chi connectivity index (χ2v) is 13.2. The van der Waals surface area contributed by atoms with Crippen molar-refractivity contribution in [2.45, 2.75) is 50.5 Å². The van der Waals surface area contributed by atoms with Crippen LogP contribution in [-0.2, 0) is 27.6 Å². The van der Waals surface area contributed by atoms with E-state index in [2.05, 4.69) is 4.98 Å². The number of ether oxygens (including phenoxy) is 1. The van der Waals surface area contributed by atoms with Crippen LogP contribution in [0.5, 0.6) is 5.75 Å². The minimum Gasteiger partial charge on any atom is -0.497 e. The third kappa shape index (κ3) is 7.49. The number of aromatic nitrogens is 1. The fourth-order valence-electron chi connectivity index (χ4n) is 4.27. The van der Waals surface area contributed by atoms with Crippen molar-refractivity contribution in [2.24, 2.45) is 0 Å². The van der Waals surface area contributed by atoms with Gasteiger partial charge < -0.3 is 14.7 Å². The van der Waals surface area contributed by atoms with Crippen LogP contribution in [0.15, 0.2) is 48.5 Å². The Bertz CT molecular complexity index is 1430. The van der Waals surface area contributed by atoms with Gasteiger partial charge in [-0.15, -0.1) is 11.3 Å². The molecule has 4 rings (SSSR count). The first-order chi connectivity index (χ1) is 18.6. The second-order valence-electron chi connectivity index (χ2n) is 9.61. The monoisotopic (exact) mass is 574 g/mol. The third-order valence-electron chi connectivity index (χ3n) is 6.56. The number of aliphatic hydroxyl groups is 1. The van der Waals surface area contributed by atoms with Crippen LogP contribution in [0.25, 0.3) is 0 Å². The lowest BCUT2D eigenvalue weighted by atomic mass is 10.1. The summed E-state index contributed by atoms with van der Waals surface area (Å²) in [6.07, 6.45) is 0.747. The number of halogens is 1. The average Bonchev–Trinajstić information content (AvgIpc) is 3.71. The standard InChI is InChI=1S/C28H31FN2O6S2/c1-18-26(24(32)17-39(35,36)23-12-13-23)30-25(38-18)16-31(14-4-6-19-5-3-7-21(29)15-19)28(34)27(33)20-8-10-22(37-2)11-9-20/h3,5,7-11,15,23,27,33H,4,6,12-14,16-17H2,1-2H3/t27-/m1/s1. The Labute approximate surface area is 231 Å². The maximum atomic E-state index is 13.6. The molecule has 208 valence electrons. The maximum absolute atomic E-state index is 13.6. The van der Waals surface area contributed by atoms with Crippen LogP contribution in [0.1, 0.15) is 56.9 Å². The topological polar surface area (TPSA) is 114 Å². The molecule has 0 aliphatic heterocycles. The molecule has 0 bridgehead atoms. The highest BCUT2D eigenvalue weighted by atomic mass is 32.2. The number of sulfone groups is 1. The molecule has 3 aromatic rings. The van der Waals surface area contributed by atoms with Crippen LogP contribution in [0, 0.1) is 12.7 Å². The Balaban J connectivity index is 1.50. The number of hydrogen-bond donors (Lipinski definition) is 1. The number of methoxy groups -OCH3 is 1. The van der Waals surface area contributed by atoms with Crippen molar-refractivity contribution in [3.05, 3.63) is 81.1 Å². The van der Waals surface area contributed by atoms with Gasteiger partial charge in [-0.1, -0.05) is 24.3 Å². The van der Waals surface area contributed by atoms with Crippen LogP contribution >= 0.6 is 11.3 Å². The summed E-state index contributed by atoms with van der Waals surface area (Å²) in [5, 5.41) is 10.9. The summed E-state index contributed by atoms with van der Waals surface area (Å²) in [5.74, 6) is -1.42. The molecule has 1 saturated carbocycles. The predicted octanol–water partition coefficient (Wildman–Crippen LogP) is 4.05. The summed E-state index contributed by atoms with van der Waals surface area (Å²) >= 11 is 1.21. The van der Waals surface area contributed by atoms with Gasteiger partial charge in [-0.25, -0.2) is 17.8 Å². The minimum atomic E-state index is -3.49. The number of Topliss-reactive ketones (excluding diaryl/α,β-unsaturated/α-hetero) is 1. The number of carbonyl (C=O) groups is 2. The van der Waals surface area contributed by atoms with Crippen LogP contribution in [0.2, 0.25) is 0 Å². The van der Waals surface area contributed by atoms with Crippen LogP contribution in [0.3, 0.4) is 0 Å². The second kappa shape index (κ2) is 12.4. The van der Waals surface area contributed by atoms with Crippen molar-refractivity contribution in [1.29, 1.82) is 0 Å². The number of ketones is 1. The molecule has 1 aliphatic carbocycles. The molecule has 2 aromatic carbocycles. The zero-order valence-corrected chi connectivity index (χ0v) is 23.4. The number of nitrogens with zero attached hydrogens (tertiary/aromatic N) is 2. The smallest absolute Gasteiger partial charge is 0.256 e. The molecule has 0 saturated heterocycles. The number of benzene rings is 2. The summed E-state index contributed by atoms with van der Waals surface area (Å²) in [4.78, 5) is 32.6. The molecule has 1 N–H and O–H groups in total. The van der Waals surface area contributed by atoms with Crippen molar-refractivity contribution >= 4 is 32.9 Å². The fraction of sp³-hybridized carbons (Fsp3) is 0.393. The molecule has 8 nitrogen and oxygen atoms in total. The molecule has 0 radical (unpaired) electrons. The van der Waals surface area contributed by atoms with Crippen LogP contribution < -0.4 is 4.74 Å². The molecule has 1 aliphatic rings. The summed E-state index contributed by atoms with van der Waals surface area (Å²) in [5.41, 5.74) is 1.28. The first-order valence-corrected chi connectivity index (χ1v) is 15.2. The molecule has 1 aromatic heterocycles. The van der Waals surface area contributed by atoms with E-state index in [0.717, 1.165) is 5.56 Å². The average molecular weight is 575 g/mol. The molecular formula is C28H31FN2O6S2. The summed E-state index contributed by atoms with van der Waals surface area (Å²) in [7, 11) is -1.96. The Morgan fingerprint density at radius 2 is 1.92 bits per heavy atom. The first-order valence-electron chi connectivity index (χ1n) is 12.6. The quantitative estimate of drug-likeness (QED) is 0.306. The van der Waals surface area contributed by atoms with E-state index < -0.39 is 38.6 Å². The van der Waals surface area contributed by atoms with Gasteiger partial charge in [0.25, 0.3) is 5.91 Å². The minimum absolute atomic E-state index is 0.0311. The zero-order valence-electron chi connectivity index (χ0n) is 21.8. The lowest BCUT2D eigenvalue weighted by molar-refractivity contribution is -0.141. The molecule has 1 heterocycles. The summed E-state index contributed by atoms with van der Waals surface area (Å²) < 4.78 is 43.4. The van der Waals surface area contributed by atoms with Gasteiger partial charge in [0.2, 0.25) is 0 Å². The van der Waals surface area contributed by atoms with Crippen molar-refractivity contribution in [3.8, 4) is 5.75 Å². The Kier molecular flexibility index (Phi) is 9.14. The van der Waals surface area contributed by atoms with E-state index in [0.29, 0.717) is 46.9 Å². The number of rotatable bonds is 13. The number of aryl methyl sites for hydroxylation is 2. The van der Waals surface area contributed by atoms with E-state index in [4.69, 9.17) is 4.74 Å². The molecule has 11 heteroatoms. The Morgan fingerprint density at radius 1 is 1.21 bits per heavy atom.